The normalized spacial score (nSPS) is 20.2. The molecule has 0 atom stereocenters. The smallest absolute Gasteiger partial charge is 0.235 e. The van der Waals surface area contributed by atoms with Gasteiger partial charge in [0, 0.05) is 11.6 Å². The molecule has 2 aromatic rings. The summed E-state index contributed by atoms with van der Waals surface area (Å²) in [5, 5.41) is 0. The van der Waals surface area contributed by atoms with Gasteiger partial charge in [0.2, 0.25) is 21.8 Å². The van der Waals surface area contributed by atoms with E-state index < -0.39 is 15.8 Å². The number of nitrogens with one attached hydrogen (secondary N) is 1. The van der Waals surface area contributed by atoms with Crippen molar-refractivity contribution in [2.45, 2.75) is 43.6 Å². The van der Waals surface area contributed by atoms with Crippen LogP contribution in [-0.2, 0) is 15.8 Å². The zero-order chi connectivity index (χ0) is 19.3. The topological polar surface area (TPSA) is 90.4 Å². The number of rotatable bonds is 7. The van der Waals surface area contributed by atoms with Crippen LogP contribution in [0.15, 0.2) is 36.7 Å². The van der Waals surface area contributed by atoms with E-state index in [0.717, 1.165) is 0 Å². The Morgan fingerprint density at radius 1 is 1.15 bits per heavy atom. The highest BCUT2D eigenvalue weighted by atomic mass is 32.2. The van der Waals surface area contributed by atoms with Crippen molar-refractivity contribution in [3.63, 3.8) is 0 Å². The molecule has 9 heteroatoms. The maximum atomic E-state index is 13.7. The fourth-order valence-corrected chi connectivity index (χ4v) is 4.54. The lowest BCUT2D eigenvalue weighted by atomic mass is 9.94. The lowest BCUT2D eigenvalue weighted by Gasteiger charge is -2.29. The van der Waals surface area contributed by atoms with Crippen LogP contribution in [0.3, 0.4) is 0 Å². The molecule has 146 valence electrons. The van der Waals surface area contributed by atoms with Gasteiger partial charge in [-0.25, -0.2) is 17.5 Å². The number of nitrogens with zero attached hydrogens (tertiary/aromatic N) is 2. The molecule has 0 bridgehead atoms. The van der Waals surface area contributed by atoms with E-state index in [0.29, 0.717) is 37.4 Å². The number of ether oxygens (including phenoxy) is 2. The Kier molecular flexibility index (Phi) is 6.22. The van der Waals surface area contributed by atoms with Gasteiger partial charge in [0.15, 0.2) is 0 Å². The Hall–Kier alpha value is -2.26. The summed E-state index contributed by atoms with van der Waals surface area (Å²) in [6.45, 7) is 0. The van der Waals surface area contributed by atoms with Crippen LogP contribution in [0.1, 0.15) is 31.2 Å². The second kappa shape index (κ2) is 8.62. The lowest BCUT2D eigenvalue weighted by molar-refractivity contribution is 0.136. The van der Waals surface area contributed by atoms with Gasteiger partial charge in [-0.05, 0) is 31.7 Å². The third kappa shape index (κ3) is 5.61. The van der Waals surface area contributed by atoms with Crippen LogP contribution in [0.25, 0.3) is 0 Å². The number of aromatic nitrogens is 2. The first-order chi connectivity index (χ1) is 12.9. The molecule has 0 unspecified atom stereocenters. The summed E-state index contributed by atoms with van der Waals surface area (Å²) in [6.07, 6.45) is 5.60. The van der Waals surface area contributed by atoms with Gasteiger partial charge in [-0.1, -0.05) is 18.2 Å². The van der Waals surface area contributed by atoms with Gasteiger partial charge >= 0.3 is 0 Å². The molecular weight excluding hydrogens is 373 g/mol. The Morgan fingerprint density at radius 2 is 1.85 bits per heavy atom. The van der Waals surface area contributed by atoms with Crippen LogP contribution in [0, 0.1) is 5.82 Å². The molecule has 27 heavy (non-hydrogen) atoms. The predicted octanol–water partition coefficient (Wildman–Crippen LogP) is 2.43. The number of hydrogen-bond acceptors (Lipinski definition) is 6. The van der Waals surface area contributed by atoms with E-state index in [2.05, 4.69) is 14.7 Å². The van der Waals surface area contributed by atoms with Crippen molar-refractivity contribution in [2.24, 2.45) is 0 Å². The summed E-state index contributed by atoms with van der Waals surface area (Å²) in [7, 11) is -2.11. The molecular formula is C18H22FN3O4S. The average Bonchev–Trinajstić information content (AvgIpc) is 2.65. The molecule has 1 N–H and O–H groups in total. The maximum Gasteiger partial charge on any atom is 0.235 e. The zero-order valence-corrected chi connectivity index (χ0v) is 15.8. The molecule has 1 aromatic heterocycles. The first-order valence-corrected chi connectivity index (χ1v) is 10.4. The third-order valence-electron chi connectivity index (χ3n) is 4.41. The van der Waals surface area contributed by atoms with Crippen LogP contribution in [0.4, 0.5) is 4.39 Å². The van der Waals surface area contributed by atoms with Gasteiger partial charge < -0.3 is 9.47 Å². The summed E-state index contributed by atoms with van der Waals surface area (Å²) in [5.41, 5.74) is 0.165. The zero-order valence-electron chi connectivity index (χ0n) is 15.0. The molecule has 1 fully saturated rings. The van der Waals surface area contributed by atoms with Gasteiger partial charge in [0.05, 0.1) is 25.3 Å². The van der Waals surface area contributed by atoms with Crippen molar-refractivity contribution in [3.8, 4) is 11.8 Å². The Morgan fingerprint density at radius 3 is 2.56 bits per heavy atom. The number of hydrogen-bond donors (Lipinski definition) is 1. The van der Waals surface area contributed by atoms with Crippen molar-refractivity contribution in [2.75, 3.05) is 7.11 Å². The Balaban J connectivity index is 1.50. The van der Waals surface area contributed by atoms with Crippen molar-refractivity contribution < 1.29 is 22.3 Å². The molecule has 3 rings (SSSR count). The second-order valence-corrected chi connectivity index (χ2v) is 8.21. The fraction of sp³-hybridized carbons (Fsp3) is 0.444. The summed E-state index contributed by atoms with van der Waals surface area (Å²) < 4.78 is 51.8. The molecule has 1 aliphatic rings. The molecule has 7 nitrogen and oxygen atoms in total. The van der Waals surface area contributed by atoms with Crippen molar-refractivity contribution in [1.29, 1.82) is 0 Å². The third-order valence-corrected chi connectivity index (χ3v) is 5.79. The van der Waals surface area contributed by atoms with Gasteiger partial charge in [-0.3, -0.25) is 4.98 Å². The highest BCUT2D eigenvalue weighted by Gasteiger charge is 2.26. The number of sulfonamides is 1. The van der Waals surface area contributed by atoms with Crippen LogP contribution in [-0.4, -0.2) is 37.6 Å². The first kappa shape index (κ1) is 19.5. The second-order valence-electron chi connectivity index (χ2n) is 6.46. The van der Waals surface area contributed by atoms with Gasteiger partial charge in [0.25, 0.3) is 0 Å². The molecule has 0 spiro atoms. The summed E-state index contributed by atoms with van der Waals surface area (Å²) in [5.74, 6) is -0.116. The van der Waals surface area contributed by atoms with Crippen LogP contribution < -0.4 is 14.2 Å². The van der Waals surface area contributed by atoms with Crippen molar-refractivity contribution in [3.05, 3.63) is 48.0 Å². The highest BCUT2D eigenvalue weighted by molar-refractivity contribution is 7.88. The minimum absolute atomic E-state index is 0.0567. The molecule has 0 amide bonds. The first-order valence-electron chi connectivity index (χ1n) is 8.71. The molecule has 1 heterocycles. The number of halogens is 1. The van der Waals surface area contributed by atoms with E-state index in [1.165, 1.54) is 37.7 Å². The van der Waals surface area contributed by atoms with Crippen molar-refractivity contribution in [1.82, 2.24) is 14.7 Å². The molecule has 0 aliphatic heterocycles. The standard InChI is InChI=1S/C18H22FN3O4S/c1-25-17-10-20-11-18(21-17)26-15-8-6-14(7-9-15)22-27(23,24)12-13-4-2-3-5-16(13)19/h2-5,10-11,14-15,22H,6-9,12H2,1H3. The number of methoxy groups -OCH3 is 1. The van der Waals surface area contributed by atoms with Gasteiger partial charge in [-0.2, -0.15) is 4.98 Å². The van der Waals surface area contributed by atoms with Crippen molar-refractivity contribution >= 4 is 10.0 Å². The molecule has 0 radical (unpaired) electrons. The van der Waals surface area contributed by atoms with E-state index in [1.807, 2.05) is 0 Å². The predicted molar refractivity (Wildman–Crippen MR) is 97.4 cm³/mol. The average molecular weight is 395 g/mol. The number of benzene rings is 1. The molecule has 1 aromatic carbocycles. The van der Waals surface area contributed by atoms with Crippen LogP contribution >= 0.6 is 0 Å². The summed E-state index contributed by atoms with van der Waals surface area (Å²) in [4.78, 5) is 8.16. The molecule has 1 aliphatic carbocycles. The quantitative estimate of drug-likeness (QED) is 0.774. The van der Waals surface area contributed by atoms with E-state index in [4.69, 9.17) is 9.47 Å². The molecule has 1 saturated carbocycles. The monoisotopic (exact) mass is 395 g/mol. The molecule has 0 saturated heterocycles. The van der Waals surface area contributed by atoms with E-state index in [9.17, 15) is 12.8 Å². The van der Waals surface area contributed by atoms with E-state index in [-0.39, 0.29) is 23.5 Å². The largest absolute Gasteiger partial charge is 0.480 e. The van der Waals surface area contributed by atoms with Crippen LogP contribution in [0.2, 0.25) is 0 Å². The van der Waals surface area contributed by atoms with E-state index >= 15 is 0 Å². The van der Waals surface area contributed by atoms with Crippen LogP contribution in [0.5, 0.6) is 11.8 Å². The minimum Gasteiger partial charge on any atom is -0.480 e. The maximum absolute atomic E-state index is 13.7. The lowest BCUT2D eigenvalue weighted by Crippen LogP contribution is -2.40. The van der Waals surface area contributed by atoms with Gasteiger partial charge in [-0.15, -0.1) is 0 Å². The SMILES string of the molecule is COc1cncc(OC2CCC(NS(=O)(=O)Cc3ccccc3F)CC2)n1. The van der Waals surface area contributed by atoms with E-state index in [1.54, 1.807) is 6.07 Å². The minimum atomic E-state index is -3.61. The summed E-state index contributed by atoms with van der Waals surface area (Å²) in [6, 6.07) is 5.71. The fourth-order valence-electron chi connectivity index (χ4n) is 3.07. The van der Waals surface area contributed by atoms with Gasteiger partial charge in [0.1, 0.15) is 11.9 Å². The Bertz CT molecular complexity index is 870. The summed E-state index contributed by atoms with van der Waals surface area (Å²) >= 11 is 0. The highest BCUT2D eigenvalue weighted by Crippen LogP contribution is 2.24. The Labute approximate surface area is 158 Å².